The molecule has 4 aromatic carbocycles. The largest absolute Gasteiger partial charge is 0.358 e. The van der Waals surface area contributed by atoms with Crippen LogP contribution in [0.3, 0.4) is 0 Å². The van der Waals surface area contributed by atoms with E-state index in [9.17, 15) is 0 Å². The number of aromatic nitrogens is 3. The van der Waals surface area contributed by atoms with Gasteiger partial charge in [0.25, 0.3) is 0 Å². The minimum Gasteiger partial charge on any atom is -0.358 e. The maximum absolute atomic E-state index is 5.52. The maximum atomic E-state index is 5.52. The Kier molecular flexibility index (Phi) is 12.2. The van der Waals surface area contributed by atoms with Gasteiger partial charge in [0.05, 0.1) is 34.2 Å². The zero-order valence-electron chi connectivity index (χ0n) is 44.7. The first kappa shape index (κ1) is 47.8. The number of aryl methyl sites for hydroxylation is 3. The lowest BCUT2D eigenvalue weighted by Crippen LogP contribution is -2.03. The number of H-pyrrole nitrogens is 3. The summed E-state index contributed by atoms with van der Waals surface area (Å²) in [5.41, 5.74) is 37.2. The number of nitrogens with zero attached hydrogens (tertiary/aromatic N) is 3. The number of aromatic amines is 3. The van der Waals surface area contributed by atoms with Gasteiger partial charge in [-0.05, 0) is 206 Å². The average Bonchev–Trinajstić information content (AvgIpc) is 4.14. The van der Waals surface area contributed by atoms with E-state index in [1.54, 1.807) is 0 Å². The lowest BCUT2D eigenvalue weighted by atomic mass is 9.85. The zero-order valence-corrected chi connectivity index (χ0v) is 44.7. The molecule has 3 aromatic heterocycles. The number of rotatable bonds is 9. The summed E-state index contributed by atoms with van der Waals surface area (Å²) in [6.45, 7) is 33.0. The van der Waals surface area contributed by atoms with E-state index in [2.05, 4.69) is 228 Å². The van der Waals surface area contributed by atoms with Crippen molar-refractivity contribution >= 4 is 50.6 Å². The quantitative estimate of drug-likeness (QED) is 0.129. The van der Waals surface area contributed by atoms with Crippen molar-refractivity contribution < 1.29 is 0 Å². The third-order valence-corrected chi connectivity index (χ3v) is 16.0. The van der Waals surface area contributed by atoms with Crippen LogP contribution in [-0.4, -0.2) is 32.1 Å². The minimum absolute atomic E-state index is 0.988. The number of aliphatic imine (C=N–C) groups is 3. The van der Waals surface area contributed by atoms with Gasteiger partial charge in [0.15, 0.2) is 0 Å². The van der Waals surface area contributed by atoms with Crippen LogP contribution in [0.25, 0.3) is 33.4 Å². The molecule has 0 saturated carbocycles. The second kappa shape index (κ2) is 18.4. The molecular weight excluding hydrogens is 877 g/mol. The summed E-state index contributed by atoms with van der Waals surface area (Å²) >= 11 is 0. The standard InChI is InChI=1S/C66H66N6/c1-34-37(4)61(67-43(34)10)58(49-25-19-16-20-26-49)64-40(7)55(46(13)70-64)52-31-53(56-41(8)65(71-47(56)14)59(50-27-21-17-22-28-50)62-38(5)35(2)44(11)68-62)33-54(32-52)57-42(9)66(72-48(57)15)60(51-29-23-18-24-30-51)63-39(6)36(3)45(12)69-63/h16-33,67-69H,1-15H3/b64-58-,65-59-,66-60+. The summed E-state index contributed by atoms with van der Waals surface area (Å²) in [7, 11) is 0. The van der Waals surface area contributed by atoms with E-state index in [0.717, 1.165) is 135 Å². The van der Waals surface area contributed by atoms with Crippen LogP contribution in [0.5, 0.6) is 0 Å². The fourth-order valence-corrected chi connectivity index (χ4v) is 11.5. The van der Waals surface area contributed by atoms with Gasteiger partial charge in [-0.2, -0.15) is 0 Å². The number of hydrogen-bond acceptors (Lipinski definition) is 3. The van der Waals surface area contributed by atoms with Crippen molar-refractivity contribution in [1.29, 1.82) is 0 Å². The molecule has 0 aliphatic carbocycles. The molecule has 0 atom stereocenters. The number of nitrogens with one attached hydrogen (secondary N) is 3. The Morgan fingerprint density at radius 3 is 0.750 bits per heavy atom. The van der Waals surface area contributed by atoms with Gasteiger partial charge in [-0.15, -0.1) is 0 Å². The third-order valence-electron chi connectivity index (χ3n) is 16.0. The molecule has 0 fully saturated rings. The van der Waals surface area contributed by atoms with Crippen molar-refractivity contribution in [2.45, 2.75) is 104 Å². The van der Waals surface area contributed by atoms with Crippen LogP contribution in [0, 0.1) is 62.3 Å². The summed E-state index contributed by atoms with van der Waals surface area (Å²) in [5.74, 6) is 0. The third kappa shape index (κ3) is 7.85. The Morgan fingerprint density at radius 1 is 0.306 bits per heavy atom. The van der Waals surface area contributed by atoms with E-state index in [0.29, 0.717) is 0 Å². The highest BCUT2D eigenvalue weighted by atomic mass is 14.8. The summed E-state index contributed by atoms with van der Waals surface area (Å²) in [6.07, 6.45) is 0. The average molecular weight is 943 g/mol. The second-order valence-corrected chi connectivity index (χ2v) is 20.3. The molecule has 7 aromatic rings. The molecule has 3 aliphatic rings. The summed E-state index contributed by atoms with van der Waals surface area (Å²) < 4.78 is 0. The van der Waals surface area contributed by atoms with Crippen LogP contribution >= 0.6 is 0 Å². The molecule has 10 rings (SSSR count). The van der Waals surface area contributed by atoms with E-state index in [-0.39, 0.29) is 0 Å². The zero-order chi connectivity index (χ0) is 51.0. The molecule has 0 radical (unpaired) electrons. The Morgan fingerprint density at radius 2 is 0.542 bits per heavy atom. The first-order valence-corrected chi connectivity index (χ1v) is 25.3. The lowest BCUT2D eigenvalue weighted by molar-refractivity contribution is 1.20. The summed E-state index contributed by atoms with van der Waals surface area (Å²) in [5, 5.41) is 0. The number of hydrogen-bond donors (Lipinski definition) is 3. The minimum atomic E-state index is 0.988. The second-order valence-electron chi connectivity index (χ2n) is 20.3. The van der Waals surface area contributed by atoms with Gasteiger partial charge < -0.3 is 15.0 Å². The van der Waals surface area contributed by atoms with Gasteiger partial charge in [-0.1, -0.05) is 91.0 Å². The maximum Gasteiger partial charge on any atom is 0.0768 e. The van der Waals surface area contributed by atoms with Crippen LogP contribution in [0.2, 0.25) is 0 Å². The van der Waals surface area contributed by atoms with Crippen LogP contribution in [0.1, 0.15) is 142 Å². The van der Waals surface area contributed by atoms with Gasteiger partial charge in [-0.25, -0.2) is 0 Å². The van der Waals surface area contributed by atoms with Gasteiger partial charge in [0.2, 0.25) is 0 Å². The molecule has 3 N–H and O–H groups in total. The Labute approximate surface area is 426 Å². The fourth-order valence-electron chi connectivity index (χ4n) is 11.5. The molecule has 0 spiro atoms. The van der Waals surface area contributed by atoms with Gasteiger partial charge in [0, 0.05) is 67.7 Å². The number of benzene rings is 4. The van der Waals surface area contributed by atoms with Crippen molar-refractivity contribution in [3.8, 4) is 0 Å². The SMILES string of the molecule is CC1=N/C(=C(/c2ccccc2)c2[nH]c(C)c(C)c2C)C(C)=C1c1cc(C2=C(C)/C(=C(\c3ccccc3)c3[nH]c(C)c(C)c3C)N=C2C)cc(C2=C(C)/C(=C(/c3ccccc3)c3[nH]c(C)c(C)c3C)N=C2C)c1. The molecule has 6 nitrogen and oxygen atoms in total. The molecule has 3 aliphatic heterocycles. The van der Waals surface area contributed by atoms with E-state index in [1.165, 1.54) is 50.5 Å². The monoisotopic (exact) mass is 943 g/mol. The Hall–Kier alpha value is -7.83. The molecular formula is C66H66N6. The van der Waals surface area contributed by atoms with Crippen LogP contribution < -0.4 is 0 Å². The molecule has 6 heteroatoms. The van der Waals surface area contributed by atoms with Gasteiger partial charge >= 0.3 is 0 Å². The first-order chi connectivity index (χ1) is 34.5. The Bertz CT molecular complexity index is 3320. The molecule has 0 unspecified atom stereocenters. The fraction of sp³-hybridized carbons (Fsp3) is 0.227. The van der Waals surface area contributed by atoms with Gasteiger partial charge in [-0.3, -0.25) is 15.0 Å². The summed E-state index contributed by atoms with van der Waals surface area (Å²) in [6, 6.07) is 39.3. The topological polar surface area (TPSA) is 84.5 Å². The highest BCUT2D eigenvalue weighted by molar-refractivity contribution is 6.32. The highest BCUT2D eigenvalue weighted by Crippen LogP contribution is 2.47. The molecule has 0 saturated heterocycles. The van der Waals surface area contributed by atoms with E-state index >= 15 is 0 Å². The van der Waals surface area contributed by atoms with E-state index in [4.69, 9.17) is 15.0 Å². The smallest absolute Gasteiger partial charge is 0.0768 e. The molecule has 360 valence electrons. The van der Waals surface area contributed by atoms with Crippen LogP contribution in [0.15, 0.2) is 158 Å². The van der Waals surface area contributed by atoms with E-state index in [1.807, 2.05) is 0 Å². The van der Waals surface area contributed by atoms with Crippen molar-refractivity contribution in [3.05, 3.63) is 244 Å². The van der Waals surface area contributed by atoms with Crippen molar-refractivity contribution in [2.75, 3.05) is 0 Å². The normalized spacial score (nSPS) is 17.1. The summed E-state index contributed by atoms with van der Waals surface area (Å²) in [4.78, 5) is 27.9. The molecule has 72 heavy (non-hydrogen) atoms. The number of allylic oxidation sites excluding steroid dienone is 6. The van der Waals surface area contributed by atoms with E-state index < -0.39 is 0 Å². The molecule has 6 heterocycles. The predicted octanol–water partition coefficient (Wildman–Crippen LogP) is 16.6. The highest BCUT2D eigenvalue weighted by Gasteiger charge is 2.32. The molecule has 0 bridgehead atoms. The van der Waals surface area contributed by atoms with Crippen molar-refractivity contribution in [3.63, 3.8) is 0 Å². The first-order valence-electron chi connectivity index (χ1n) is 25.3. The van der Waals surface area contributed by atoms with Crippen LogP contribution in [-0.2, 0) is 0 Å². The predicted molar refractivity (Wildman–Crippen MR) is 306 cm³/mol. The van der Waals surface area contributed by atoms with Crippen molar-refractivity contribution in [1.82, 2.24) is 15.0 Å². The molecule has 0 amide bonds. The van der Waals surface area contributed by atoms with Gasteiger partial charge in [0.1, 0.15) is 0 Å². The lowest BCUT2D eigenvalue weighted by Gasteiger charge is -2.17. The Balaban J connectivity index is 1.27. The van der Waals surface area contributed by atoms with Crippen molar-refractivity contribution in [2.24, 2.45) is 15.0 Å². The van der Waals surface area contributed by atoms with Crippen LogP contribution in [0.4, 0.5) is 0 Å².